The van der Waals surface area contributed by atoms with E-state index in [4.69, 9.17) is 4.74 Å². The molecule has 1 atom stereocenters. The zero-order valence-electron chi connectivity index (χ0n) is 13.4. The van der Waals surface area contributed by atoms with Crippen molar-refractivity contribution in [3.63, 3.8) is 0 Å². The third kappa shape index (κ3) is 4.27. The van der Waals surface area contributed by atoms with Gasteiger partial charge in [-0.25, -0.2) is 4.39 Å². The van der Waals surface area contributed by atoms with E-state index in [1.807, 2.05) is 30.9 Å². The van der Waals surface area contributed by atoms with E-state index in [-0.39, 0.29) is 17.8 Å². The average molecular weight is 308 g/mol. The molecule has 122 valence electrons. The molecule has 1 saturated heterocycles. The predicted octanol–water partition coefficient (Wildman–Crippen LogP) is 2.46. The van der Waals surface area contributed by atoms with E-state index in [0.29, 0.717) is 32.7 Å². The van der Waals surface area contributed by atoms with Crippen molar-refractivity contribution in [2.45, 2.75) is 26.3 Å². The van der Waals surface area contributed by atoms with Gasteiger partial charge < -0.3 is 9.64 Å². The van der Waals surface area contributed by atoms with Gasteiger partial charge in [0.15, 0.2) is 0 Å². The average Bonchev–Trinajstić information content (AvgIpc) is 2.55. The third-order valence-corrected chi connectivity index (χ3v) is 4.23. The largest absolute Gasteiger partial charge is 0.381 e. The Morgan fingerprint density at radius 2 is 1.95 bits per heavy atom. The van der Waals surface area contributed by atoms with Crippen molar-refractivity contribution in [1.82, 2.24) is 9.80 Å². The van der Waals surface area contributed by atoms with Crippen molar-refractivity contribution in [2.75, 3.05) is 39.4 Å². The van der Waals surface area contributed by atoms with E-state index in [1.54, 1.807) is 6.07 Å². The molecule has 0 saturated carbocycles. The molecule has 4 nitrogen and oxygen atoms in total. The van der Waals surface area contributed by atoms with Gasteiger partial charge in [0, 0.05) is 44.4 Å². The van der Waals surface area contributed by atoms with Crippen LogP contribution in [0.4, 0.5) is 4.39 Å². The molecule has 5 heteroatoms. The van der Waals surface area contributed by atoms with Crippen molar-refractivity contribution in [3.8, 4) is 0 Å². The monoisotopic (exact) mass is 308 g/mol. The van der Waals surface area contributed by atoms with Gasteiger partial charge in [0.1, 0.15) is 5.82 Å². The highest BCUT2D eigenvalue weighted by Crippen LogP contribution is 2.23. The Balaban J connectivity index is 1.84. The Hall–Kier alpha value is -1.46. The number of piperazine rings is 1. The SMILES string of the molecule is CCOCCC(=O)N1CCN([C@H](C)c2ccccc2F)CC1. The van der Waals surface area contributed by atoms with Crippen LogP contribution >= 0.6 is 0 Å². The van der Waals surface area contributed by atoms with Crippen LogP contribution in [0.5, 0.6) is 0 Å². The topological polar surface area (TPSA) is 32.8 Å². The maximum absolute atomic E-state index is 13.9. The van der Waals surface area contributed by atoms with Gasteiger partial charge in [-0.05, 0) is 19.9 Å². The van der Waals surface area contributed by atoms with Gasteiger partial charge in [0.25, 0.3) is 0 Å². The van der Waals surface area contributed by atoms with Crippen molar-refractivity contribution in [1.29, 1.82) is 0 Å². The first-order valence-corrected chi connectivity index (χ1v) is 7.97. The molecular weight excluding hydrogens is 283 g/mol. The fraction of sp³-hybridized carbons (Fsp3) is 0.588. The normalized spacial score (nSPS) is 17.5. The highest BCUT2D eigenvalue weighted by molar-refractivity contribution is 5.76. The van der Waals surface area contributed by atoms with Crippen molar-refractivity contribution in [2.24, 2.45) is 0 Å². The number of rotatable bonds is 6. The Kier molecular flexibility index (Phi) is 6.34. The van der Waals surface area contributed by atoms with Crippen molar-refractivity contribution < 1.29 is 13.9 Å². The van der Waals surface area contributed by atoms with Crippen LogP contribution in [-0.4, -0.2) is 55.1 Å². The van der Waals surface area contributed by atoms with Crippen LogP contribution in [0.1, 0.15) is 31.9 Å². The van der Waals surface area contributed by atoms with Crippen LogP contribution in [0.2, 0.25) is 0 Å². The maximum Gasteiger partial charge on any atom is 0.224 e. The molecule has 1 amide bonds. The van der Waals surface area contributed by atoms with Crippen LogP contribution in [0, 0.1) is 5.82 Å². The number of nitrogens with zero attached hydrogens (tertiary/aromatic N) is 2. The Morgan fingerprint density at radius 3 is 2.59 bits per heavy atom. The van der Waals surface area contributed by atoms with E-state index in [0.717, 1.165) is 18.7 Å². The van der Waals surface area contributed by atoms with Crippen LogP contribution in [0.3, 0.4) is 0 Å². The molecule has 0 aliphatic carbocycles. The molecule has 1 aliphatic rings. The van der Waals surface area contributed by atoms with Gasteiger partial charge in [0.05, 0.1) is 13.0 Å². The Labute approximate surface area is 131 Å². The lowest BCUT2D eigenvalue weighted by molar-refractivity contribution is -0.134. The van der Waals surface area contributed by atoms with Gasteiger partial charge in [-0.15, -0.1) is 0 Å². The second-order valence-corrected chi connectivity index (χ2v) is 5.56. The minimum Gasteiger partial charge on any atom is -0.381 e. The standard InChI is InChI=1S/C17H25FN2O2/c1-3-22-13-8-17(21)20-11-9-19(10-12-20)14(2)15-6-4-5-7-16(15)18/h4-7,14H,3,8-13H2,1-2H3/t14-/m1/s1. The molecular formula is C17H25FN2O2. The molecule has 0 aromatic heterocycles. The maximum atomic E-state index is 13.9. The summed E-state index contributed by atoms with van der Waals surface area (Å²) in [4.78, 5) is 16.1. The fourth-order valence-electron chi connectivity index (χ4n) is 2.83. The number of ether oxygens (including phenoxy) is 1. The highest BCUT2D eigenvalue weighted by Gasteiger charge is 2.25. The number of benzene rings is 1. The first kappa shape index (κ1) is 16.9. The van der Waals surface area contributed by atoms with E-state index in [1.165, 1.54) is 6.07 Å². The molecule has 0 spiro atoms. The summed E-state index contributed by atoms with van der Waals surface area (Å²) in [6.45, 7) is 8.01. The second-order valence-electron chi connectivity index (χ2n) is 5.56. The minimum atomic E-state index is -0.162. The highest BCUT2D eigenvalue weighted by atomic mass is 19.1. The lowest BCUT2D eigenvalue weighted by Gasteiger charge is -2.38. The summed E-state index contributed by atoms with van der Waals surface area (Å²) >= 11 is 0. The number of carbonyl (C=O) groups is 1. The first-order valence-electron chi connectivity index (χ1n) is 7.97. The molecule has 1 fully saturated rings. The molecule has 1 heterocycles. The summed E-state index contributed by atoms with van der Waals surface area (Å²) in [7, 11) is 0. The summed E-state index contributed by atoms with van der Waals surface area (Å²) in [5.74, 6) is -0.0168. The molecule has 0 radical (unpaired) electrons. The molecule has 1 aromatic carbocycles. The number of amides is 1. The molecule has 1 aromatic rings. The van der Waals surface area contributed by atoms with Crippen LogP contribution in [0.15, 0.2) is 24.3 Å². The minimum absolute atomic E-state index is 0.0295. The molecule has 2 rings (SSSR count). The van der Waals surface area contributed by atoms with Crippen LogP contribution in [0.25, 0.3) is 0 Å². The summed E-state index contributed by atoms with van der Waals surface area (Å²) < 4.78 is 19.1. The quantitative estimate of drug-likeness (QED) is 0.757. The lowest BCUT2D eigenvalue weighted by atomic mass is 10.1. The number of hydrogen-bond donors (Lipinski definition) is 0. The number of halogens is 1. The van der Waals surface area contributed by atoms with Crippen molar-refractivity contribution in [3.05, 3.63) is 35.6 Å². The molecule has 1 aliphatic heterocycles. The first-order chi connectivity index (χ1) is 10.6. The number of carbonyl (C=O) groups excluding carboxylic acids is 1. The predicted molar refractivity (Wildman–Crippen MR) is 84.1 cm³/mol. The summed E-state index contributed by atoms with van der Waals surface area (Å²) in [6.07, 6.45) is 0.441. The van der Waals surface area contributed by atoms with E-state index in [2.05, 4.69) is 4.90 Å². The van der Waals surface area contributed by atoms with E-state index >= 15 is 0 Å². The summed E-state index contributed by atoms with van der Waals surface area (Å²) in [6, 6.07) is 6.93. The smallest absolute Gasteiger partial charge is 0.224 e. The van der Waals surface area contributed by atoms with Crippen molar-refractivity contribution >= 4 is 5.91 Å². The molecule has 22 heavy (non-hydrogen) atoms. The van der Waals surface area contributed by atoms with Gasteiger partial charge in [-0.3, -0.25) is 9.69 Å². The fourth-order valence-corrected chi connectivity index (χ4v) is 2.83. The third-order valence-electron chi connectivity index (χ3n) is 4.23. The van der Waals surface area contributed by atoms with Crippen LogP contribution in [-0.2, 0) is 9.53 Å². The Morgan fingerprint density at radius 1 is 1.27 bits per heavy atom. The zero-order chi connectivity index (χ0) is 15.9. The second kappa shape index (κ2) is 8.25. The van der Waals surface area contributed by atoms with E-state index in [9.17, 15) is 9.18 Å². The van der Waals surface area contributed by atoms with Gasteiger partial charge in [-0.1, -0.05) is 18.2 Å². The molecule has 0 N–H and O–H groups in total. The zero-order valence-corrected chi connectivity index (χ0v) is 13.4. The number of hydrogen-bond acceptors (Lipinski definition) is 3. The molecule has 0 unspecified atom stereocenters. The van der Waals surface area contributed by atoms with Gasteiger partial charge in [-0.2, -0.15) is 0 Å². The van der Waals surface area contributed by atoms with Gasteiger partial charge >= 0.3 is 0 Å². The Bertz CT molecular complexity index is 487. The summed E-state index contributed by atoms with van der Waals surface area (Å²) in [5, 5.41) is 0. The van der Waals surface area contributed by atoms with E-state index < -0.39 is 0 Å². The lowest BCUT2D eigenvalue weighted by Crippen LogP contribution is -2.49. The van der Waals surface area contributed by atoms with Gasteiger partial charge in [0.2, 0.25) is 5.91 Å². The van der Waals surface area contributed by atoms with Crippen LogP contribution < -0.4 is 0 Å². The summed E-state index contributed by atoms with van der Waals surface area (Å²) in [5.41, 5.74) is 0.721. The molecule has 0 bridgehead atoms.